The van der Waals surface area contributed by atoms with Crippen molar-refractivity contribution in [3.05, 3.63) is 86.3 Å². The van der Waals surface area contributed by atoms with Gasteiger partial charge in [0.25, 0.3) is 0 Å². The van der Waals surface area contributed by atoms with E-state index in [-0.39, 0.29) is 11.9 Å². The van der Waals surface area contributed by atoms with E-state index in [0.29, 0.717) is 5.11 Å². The number of fused-ring (bicyclic) bond motifs is 4. The van der Waals surface area contributed by atoms with Crippen LogP contribution >= 0.6 is 44.1 Å². The zero-order valence-electron chi connectivity index (χ0n) is 18.9. The minimum absolute atomic E-state index is 0.139. The second kappa shape index (κ2) is 8.66. The molecule has 0 unspecified atom stereocenters. The number of thiocarbonyl (C=S) groups is 1. The lowest BCUT2D eigenvalue weighted by Crippen LogP contribution is -2.72. The topological polar surface area (TPSA) is 53.6 Å². The van der Waals surface area contributed by atoms with Crippen molar-refractivity contribution in [1.82, 2.24) is 5.32 Å². The lowest BCUT2D eigenvalue weighted by atomic mass is 9.78. The Bertz CT molecular complexity index is 1330. The quantitative estimate of drug-likeness (QED) is 0.331. The number of hydrogen-bond acceptors (Lipinski definition) is 3. The van der Waals surface area contributed by atoms with Gasteiger partial charge in [0.05, 0.1) is 6.04 Å². The molecule has 0 radical (unpaired) electrons. The molecule has 1 saturated heterocycles. The highest BCUT2D eigenvalue weighted by Crippen LogP contribution is 2.50. The van der Waals surface area contributed by atoms with Crippen LogP contribution < -0.4 is 20.3 Å². The summed E-state index contributed by atoms with van der Waals surface area (Å²) in [4.78, 5) is 15.9. The maximum atomic E-state index is 13.9. The third-order valence-corrected chi connectivity index (χ3v) is 7.74. The van der Waals surface area contributed by atoms with Gasteiger partial charge in [0.2, 0.25) is 5.91 Å². The van der Waals surface area contributed by atoms with Crippen LogP contribution in [0.15, 0.2) is 69.6 Å². The highest BCUT2D eigenvalue weighted by Gasteiger charge is 2.59. The van der Waals surface area contributed by atoms with Crippen LogP contribution in [0.3, 0.4) is 0 Å². The van der Waals surface area contributed by atoms with Gasteiger partial charge in [-0.3, -0.25) is 9.69 Å². The van der Waals surface area contributed by atoms with Crippen LogP contribution in [0.5, 0.6) is 5.75 Å². The van der Waals surface area contributed by atoms with Crippen LogP contribution in [-0.4, -0.2) is 16.7 Å². The molecule has 2 bridgehead atoms. The smallest absolute Gasteiger partial charge is 0.236 e. The summed E-state index contributed by atoms with van der Waals surface area (Å²) in [6.07, 6.45) is 0. The number of amides is 1. The zero-order valence-corrected chi connectivity index (χ0v) is 22.8. The van der Waals surface area contributed by atoms with Gasteiger partial charge in [-0.05, 0) is 81.0 Å². The Kier molecular flexibility index (Phi) is 5.94. The van der Waals surface area contributed by atoms with Crippen LogP contribution in [0.1, 0.15) is 29.7 Å². The summed E-state index contributed by atoms with van der Waals surface area (Å²) in [6.45, 7) is 5.97. The highest BCUT2D eigenvalue weighted by atomic mass is 79.9. The molecule has 1 amide bonds. The third kappa shape index (κ3) is 3.91. The molecule has 0 saturated carbocycles. The lowest BCUT2D eigenvalue weighted by Gasteiger charge is -2.56. The van der Waals surface area contributed by atoms with Crippen molar-refractivity contribution in [3.8, 4) is 5.75 Å². The number of anilines is 2. The van der Waals surface area contributed by atoms with Crippen molar-refractivity contribution in [2.24, 2.45) is 5.92 Å². The summed E-state index contributed by atoms with van der Waals surface area (Å²) in [5.74, 6) is -0.0120. The Morgan fingerprint density at radius 3 is 2.59 bits per heavy atom. The monoisotopic (exact) mass is 599 g/mol. The van der Waals surface area contributed by atoms with Gasteiger partial charge in [-0.1, -0.05) is 55.6 Å². The molecule has 0 aliphatic carbocycles. The molecule has 1 fully saturated rings. The first-order chi connectivity index (χ1) is 16.2. The molecule has 2 N–H and O–H groups in total. The fourth-order valence-electron chi connectivity index (χ4n) is 4.92. The summed E-state index contributed by atoms with van der Waals surface area (Å²) in [5.41, 5.74) is 3.61. The SMILES string of the molecule is Cc1ccc(NC(=O)[C@H]2[C@@H]3NC(=S)N(c4cccc(Br)c4)[C@@]2(C)Oc2ccc(Br)cc23)c(C)c1. The van der Waals surface area contributed by atoms with Crippen molar-refractivity contribution in [3.63, 3.8) is 0 Å². The van der Waals surface area contributed by atoms with E-state index < -0.39 is 11.6 Å². The first kappa shape index (κ1) is 23.3. The molecule has 3 aromatic carbocycles. The van der Waals surface area contributed by atoms with E-state index in [4.69, 9.17) is 17.0 Å². The van der Waals surface area contributed by atoms with Crippen molar-refractivity contribution in [2.45, 2.75) is 32.5 Å². The Balaban J connectivity index is 1.63. The average molecular weight is 601 g/mol. The van der Waals surface area contributed by atoms with Gasteiger partial charge in [0.1, 0.15) is 11.7 Å². The molecule has 34 heavy (non-hydrogen) atoms. The summed E-state index contributed by atoms with van der Waals surface area (Å²) in [5, 5.41) is 7.11. The van der Waals surface area contributed by atoms with E-state index in [1.54, 1.807) is 0 Å². The summed E-state index contributed by atoms with van der Waals surface area (Å²) < 4.78 is 8.47. The van der Waals surface area contributed by atoms with E-state index in [9.17, 15) is 4.79 Å². The Labute approximate surface area is 221 Å². The molecule has 3 atom stereocenters. The molecule has 8 heteroatoms. The van der Waals surface area contributed by atoms with Gasteiger partial charge in [-0.25, -0.2) is 0 Å². The number of benzene rings is 3. The Hall–Kier alpha value is -2.42. The third-order valence-electron chi connectivity index (χ3n) is 6.45. The normalized spacial score (nSPS) is 23.0. The molecule has 5 nitrogen and oxygen atoms in total. The van der Waals surface area contributed by atoms with Gasteiger partial charge >= 0.3 is 0 Å². The minimum atomic E-state index is -1.06. The van der Waals surface area contributed by atoms with Gasteiger partial charge in [-0.15, -0.1) is 0 Å². The van der Waals surface area contributed by atoms with Crippen molar-refractivity contribution in [1.29, 1.82) is 0 Å². The summed E-state index contributed by atoms with van der Waals surface area (Å²) in [7, 11) is 0. The van der Waals surface area contributed by atoms with Crippen molar-refractivity contribution >= 4 is 66.5 Å². The van der Waals surface area contributed by atoms with E-state index in [1.807, 2.05) is 80.3 Å². The van der Waals surface area contributed by atoms with Crippen molar-refractivity contribution < 1.29 is 9.53 Å². The number of carbonyl (C=O) groups is 1. The fraction of sp³-hybridized carbons (Fsp3) is 0.231. The predicted octanol–water partition coefficient (Wildman–Crippen LogP) is 6.63. The van der Waals surface area contributed by atoms with Crippen LogP contribution in [0, 0.1) is 19.8 Å². The predicted molar refractivity (Wildman–Crippen MR) is 146 cm³/mol. The van der Waals surface area contributed by atoms with E-state index >= 15 is 0 Å². The minimum Gasteiger partial charge on any atom is -0.467 e. The molecule has 3 aromatic rings. The van der Waals surface area contributed by atoms with Crippen LogP contribution in [0.4, 0.5) is 11.4 Å². The number of rotatable bonds is 3. The molecule has 5 rings (SSSR count). The number of nitrogens with one attached hydrogen (secondary N) is 2. The van der Waals surface area contributed by atoms with Crippen LogP contribution in [0.25, 0.3) is 0 Å². The number of ether oxygens (including phenoxy) is 1. The molecular formula is C26H23Br2N3O2S. The first-order valence-corrected chi connectivity index (χ1v) is 12.9. The van der Waals surface area contributed by atoms with Gasteiger partial charge < -0.3 is 15.4 Å². The molecule has 0 spiro atoms. The van der Waals surface area contributed by atoms with Gasteiger partial charge in [0, 0.05) is 25.9 Å². The first-order valence-electron chi connectivity index (χ1n) is 10.9. The number of halogens is 2. The summed E-state index contributed by atoms with van der Waals surface area (Å²) in [6, 6.07) is 19.3. The number of carbonyl (C=O) groups excluding carboxylic acids is 1. The molecular weight excluding hydrogens is 578 g/mol. The van der Waals surface area contributed by atoms with E-state index in [2.05, 4.69) is 48.6 Å². The maximum Gasteiger partial charge on any atom is 0.236 e. The average Bonchev–Trinajstić information content (AvgIpc) is 2.76. The number of aryl methyl sites for hydroxylation is 2. The van der Waals surface area contributed by atoms with Crippen molar-refractivity contribution in [2.75, 3.05) is 10.2 Å². The number of hydrogen-bond donors (Lipinski definition) is 2. The summed E-state index contributed by atoms with van der Waals surface area (Å²) >= 11 is 12.9. The van der Waals surface area contributed by atoms with Crippen LogP contribution in [0.2, 0.25) is 0 Å². The molecule has 2 heterocycles. The maximum absolute atomic E-state index is 13.9. The van der Waals surface area contributed by atoms with Gasteiger partial charge in [0.15, 0.2) is 10.8 Å². The second-order valence-corrected chi connectivity index (χ2v) is 11.1. The molecule has 174 valence electrons. The zero-order chi connectivity index (χ0) is 24.2. The number of nitrogens with zero attached hydrogens (tertiary/aromatic N) is 1. The lowest BCUT2D eigenvalue weighted by molar-refractivity contribution is -0.130. The second-order valence-electron chi connectivity index (χ2n) is 8.87. The Morgan fingerprint density at radius 2 is 1.85 bits per heavy atom. The highest BCUT2D eigenvalue weighted by molar-refractivity contribution is 9.10. The standard InChI is InChI=1S/C26H23Br2N3O2S/c1-14-7-9-20(15(2)11-14)29-24(32)22-23-19-13-17(28)8-10-21(19)33-26(22,3)31(25(34)30-23)18-6-4-5-16(27)12-18/h4-13,22-23H,1-3H3,(H,29,32)(H,30,34)/t22-,23-,26+/m1/s1. The van der Waals surface area contributed by atoms with Gasteiger partial charge in [-0.2, -0.15) is 0 Å². The molecule has 2 aliphatic heterocycles. The Morgan fingerprint density at radius 1 is 1.09 bits per heavy atom. The molecule has 0 aromatic heterocycles. The fourth-order valence-corrected chi connectivity index (χ4v) is 6.10. The molecule has 2 aliphatic rings. The van der Waals surface area contributed by atoms with E-state index in [1.165, 1.54) is 0 Å². The largest absolute Gasteiger partial charge is 0.467 e. The van der Waals surface area contributed by atoms with E-state index in [0.717, 1.165) is 42.8 Å². The van der Waals surface area contributed by atoms with Crippen LogP contribution in [-0.2, 0) is 4.79 Å².